The lowest BCUT2D eigenvalue weighted by atomic mass is 10.1. The van der Waals surface area contributed by atoms with Gasteiger partial charge in [0.05, 0.1) is 12.2 Å². The van der Waals surface area contributed by atoms with Crippen molar-refractivity contribution in [3.63, 3.8) is 0 Å². The van der Waals surface area contributed by atoms with Crippen LogP contribution in [0.15, 0.2) is 30.7 Å². The number of amides is 1. The van der Waals surface area contributed by atoms with E-state index >= 15 is 0 Å². The van der Waals surface area contributed by atoms with Crippen LogP contribution in [0.1, 0.15) is 35.1 Å². The van der Waals surface area contributed by atoms with Crippen molar-refractivity contribution >= 4 is 11.7 Å². The van der Waals surface area contributed by atoms with Gasteiger partial charge in [0.2, 0.25) is 0 Å². The first-order valence-electron chi connectivity index (χ1n) is 6.48. The molecule has 3 N–H and O–H groups in total. The van der Waals surface area contributed by atoms with E-state index in [2.05, 4.69) is 27.2 Å². The number of carbonyl (C=O) groups is 1. The van der Waals surface area contributed by atoms with Crippen LogP contribution >= 0.6 is 0 Å². The molecule has 0 radical (unpaired) electrons. The number of hydrogen-bond acceptors (Lipinski definition) is 5. The Morgan fingerprint density at radius 3 is 2.90 bits per heavy atom. The summed E-state index contributed by atoms with van der Waals surface area (Å²) in [4.78, 5) is 24.2. The van der Waals surface area contributed by atoms with Crippen molar-refractivity contribution in [3.8, 4) is 0 Å². The zero-order valence-corrected chi connectivity index (χ0v) is 11.3. The standard InChI is InChI=1S/C14H17N5O/c1-2-3-11-6-10(7-13(15)19-11)14(20)17-8-12-4-5-16-9-18-12/h4-7,9H,2-3,8H2,1H3,(H2,15,19)(H,17,20). The highest BCUT2D eigenvalue weighted by Crippen LogP contribution is 2.09. The Hall–Kier alpha value is -2.50. The van der Waals surface area contributed by atoms with Crippen molar-refractivity contribution < 1.29 is 4.79 Å². The van der Waals surface area contributed by atoms with Crippen LogP contribution in [0.3, 0.4) is 0 Å². The molecule has 2 rings (SSSR count). The minimum Gasteiger partial charge on any atom is -0.384 e. The molecule has 2 heterocycles. The van der Waals surface area contributed by atoms with Crippen LogP contribution in [0, 0.1) is 0 Å². The third kappa shape index (κ3) is 3.74. The van der Waals surface area contributed by atoms with Gasteiger partial charge in [0.25, 0.3) is 5.91 Å². The van der Waals surface area contributed by atoms with Crippen molar-refractivity contribution in [2.75, 3.05) is 5.73 Å². The van der Waals surface area contributed by atoms with E-state index in [0.717, 1.165) is 24.2 Å². The second kappa shape index (κ2) is 6.60. The maximum atomic E-state index is 12.1. The van der Waals surface area contributed by atoms with Gasteiger partial charge in [-0.05, 0) is 24.6 Å². The highest BCUT2D eigenvalue weighted by Gasteiger charge is 2.08. The molecule has 0 bridgehead atoms. The van der Waals surface area contributed by atoms with Crippen LogP contribution in [-0.4, -0.2) is 20.9 Å². The van der Waals surface area contributed by atoms with Gasteiger partial charge in [0.1, 0.15) is 12.1 Å². The number of nitrogen functional groups attached to an aromatic ring is 1. The van der Waals surface area contributed by atoms with Crippen molar-refractivity contribution in [1.29, 1.82) is 0 Å². The fraction of sp³-hybridized carbons (Fsp3) is 0.286. The van der Waals surface area contributed by atoms with Crippen LogP contribution in [0.5, 0.6) is 0 Å². The molecule has 104 valence electrons. The van der Waals surface area contributed by atoms with Gasteiger partial charge in [0, 0.05) is 17.5 Å². The third-order valence-corrected chi connectivity index (χ3v) is 2.74. The molecule has 0 saturated heterocycles. The fourth-order valence-corrected chi connectivity index (χ4v) is 1.82. The number of nitrogens with zero attached hydrogens (tertiary/aromatic N) is 3. The quantitative estimate of drug-likeness (QED) is 0.855. The second-order valence-electron chi connectivity index (χ2n) is 4.41. The molecule has 2 aromatic heterocycles. The topological polar surface area (TPSA) is 93.8 Å². The van der Waals surface area contributed by atoms with Gasteiger partial charge >= 0.3 is 0 Å². The van der Waals surface area contributed by atoms with Gasteiger partial charge in [-0.2, -0.15) is 0 Å². The average Bonchev–Trinajstić information content (AvgIpc) is 2.45. The first-order chi connectivity index (χ1) is 9.69. The molecule has 0 atom stereocenters. The van der Waals surface area contributed by atoms with Crippen LogP contribution < -0.4 is 11.1 Å². The summed E-state index contributed by atoms with van der Waals surface area (Å²) in [6.07, 6.45) is 4.85. The Balaban J connectivity index is 2.05. The highest BCUT2D eigenvalue weighted by molar-refractivity contribution is 5.94. The Kier molecular flexibility index (Phi) is 4.60. The number of nitrogens with two attached hydrogens (primary N) is 1. The predicted octanol–water partition coefficient (Wildman–Crippen LogP) is 1.34. The lowest BCUT2D eigenvalue weighted by Crippen LogP contribution is -2.23. The SMILES string of the molecule is CCCc1cc(C(=O)NCc2ccncn2)cc(N)n1. The van der Waals surface area contributed by atoms with Crippen LogP contribution in [-0.2, 0) is 13.0 Å². The molecule has 1 amide bonds. The minimum atomic E-state index is -0.185. The lowest BCUT2D eigenvalue weighted by Gasteiger charge is -2.07. The van der Waals surface area contributed by atoms with Gasteiger partial charge in [-0.3, -0.25) is 4.79 Å². The van der Waals surface area contributed by atoms with E-state index in [0.29, 0.717) is 17.9 Å². The van der Waals surface area contributed by atoms with Crippen molar-refractivity contribution in [2.45, 2.75) is 26.3 Å². The molecule has 20 heavy (non-hydrogen) atoms. The number of aryl methyl sites for hydroxylation is 1. The monoisotopic (exact) mass is 271 g/mol. The molecule has 0 aliphatic rings. The first kappa shape index (κ1) is 13.9. The zero-order valence-electron chi connectivity index (χ0n) is 11.3. The number of carbonyl (C=O) groups excluding carboxylic acids is 1. The number of nitrogens with one attached hydrogen (secondary N) is 1. The summed E-state index contributed by atoms with van der Waals surface area (Å²) in [6.45, 7) is 2.41. The molecule has 6 nitrogen and oxygen atoms in total. The van der Waals surface area contributed by atoms with E-state index < -0.39 is 0 Å². The first-order valence-corrected chi connectivity index (χ1v) is 6.48. The normalized spacial score (nSPS) is 10.2. The third-order valence-electron chi connectivity index (χ3n) is 2.74. The number of anilines is 1. The van der Waals surface area contributed by atoms with Crippen LogP contribution in [0.4, 0.5) is 5.82 Å². The van der Waals surface area contributed by atoms with E-state index in [-0.39, 0.29) is 5.91 Å². The summed E-state index contributed by atoms with van der Waals surface area (Å²) in [6, 6.07) is 5.10. The summed E-state index contributed by atoms with van der Waals surface area (Å²) in [5.41, 5.74) is 7.83. The Labute approximate surface area is 117 Å². The van der Waals surface area contributed by atoms with Gasteiger partial charge in [0.15, 0.2) is 0 Å². The summed E-state index contributed by atoms with van der Waals surface area (Å²) in [7, 11) is 0. The minimum absolute atomic E-state index is 0.185. The van der Waals surface area contributed by atoms with Crippen LogP contribution in [0.25, 0.3) is 0 Å². The molecule has 0 aromatic carbocycles. The van der Waals surface area contributed by atoms with Gasteiger partial charge in [-0.1, -0.05) is 13.3 Å². The average molecular weight is 271 g/mol. The van der Waals surface area contributed by atoms with Crippen molar-refractivity contribution in [1.82, 2.24) is 20.3 Å². The number of rotatable bonds is 5. The second-order valence-corrected chi connectivity index (χ2v) is 4.41. The number of pyridine rings is 1. The number of aromatic nitrogens is 3. The molecule has 0 fully saturated rings. The number of hydrogen-bond donors (Lipinski definition) is 2. The highest BCUT2D eigenvalue weighted by atomic mass is 16.1. The van der Waals surface area contributed by atoms with Gasteiger partial charge in [-0.15, -0.1) is 0 Å². The molecule has 0 saturated carbocycles. The predicted molar refractivity (Wildman–Crippen MR) is 75.8 cm³/mol. The molecule has 0 aliphatic carbocycles. The Morgan fingerprint density at radius 2 is 2.20 bits per heavy atom. The zero-order chi connectivity index (χ0) is 14.4. The van der Waals surface area contributed by atoms with E-state index in [1.54, 1.807) is 24.4 Å². The lowest BCUT2D eigenvalue weighted by molar-refractivity contribution is 0.0950. The van der Waals surface area contributed by atoms with E-state index in [1.807, 2.05) is 0 Å². The molecule has 2 aromatic rings. The maximum absolute atomic E-state index is 12.1. The summed E-state index contributed by atoms with van der Waals surface area (Å²) < 4.78 is 0. The molecule has 6 heteroatoms. The molecule has 0 unspecified atom stereocenters. The summed E-state index contributed by atoms with van der Waals surface area (Å²) >= 11 is 0. The summed E-state index contributed by atoms with van der Waals surface area (Å²) in [5.74, 6) is 0.179. The molecular weight excluding hydrogens is 254 g/mol. The van der Waals surface area contributed by atoms with Crippen molar-refractivity contribution in [3.05, 3.63) is 47.7 Å². The summed E-state index contributed by atoms with van der Waals surface area (Å²) in [5, 5.41) is 2.80. The largest absolute Gasteiger partial charge is 0.384 e. The molecule has 0 aliphatic heterocycles. The molecule has 0 spiro atoms. The van der Waals surface area contributed by atoms with Crippen LogP contribution in [0.2, 0.25) is 0 Å². The fourth-order valence-electron chi connectivity index (χ4n) is 1.82. The maximum Gasteiger partial charge on any atom is 0.251 e. The van der Waals surface area contributed by atoms with Gasteiger partial charge < -0.3 is 11.1 Å². The van der Waals surface area contributed by atoms with E-state index in [1.165, 1.54) is 6.33 Å². The van der Waals surface area contributed by atoms with E-state index in [9.17, 15) is 4.79 Å². The smallest absolute Gasteiger partial charge is 0.251 e. The van der Waals surface area contributed by atoms with E-state index in [4.69, 9.17) is 5.73 Å². The van der Waals surface area contributed by atoms with Gasteiger partial charge in [-0.25, -0.2) is 15.0 Å². The Bertz CT molecular complexity index is 585. The van der Waals surface area contributed by atoms with Crippen molar-refractivity contribution in [2.24, 2.45) is 0 Å². The Morgan fingerprint density at radius 1 is 1.35 bits per heavy atom. The molecular formula is C14H17N5O.